The van der Waals surface area contributed by atoms with E-state index in [0.29, 0.717) is 31.7 Å². The predicted octanol–water partition coefficient (Wildman–Crippen LogP) is 1.25. The number of nitrogens with zero attached hydrogens (tertiary/aromatic N) is 7. The van der Waals surface area contributed by atoms with Gasteiger partial charge in [0.05, 0.1) is 24.9 Å². The molecule has 0 amide bonds. The third-order valence-electron chi connectivity index (χ3n) is 6.48. The van der Waals surface area contributed by atoms with Gasteiger partial charge in [-0.25, -0.2) is 18.4 Å². The average molecular weight is 447 g/mol. The maximum atomic E-state index is 15.0. The Morgan fingerprint density at radius 2 is 2.09 bits per heavy atom. The summed E-state index contributed by atoms with van der Waals surface area (Å²) in [6, 6.07) is 5.20. The number of nitrogens with two attached hydrogens (primary N) is 1. The Morgan fingerprint density at radius 3 is 2.85 bits per heavy atom. The van der Waals surface area contributed by atoms with Crippen LogP contribution in [-0.4, -0.2) is 78.2 Å². The molecule has 2 aliphatic heterocycles. The topological polar surface area (TPSA) is 111 Å². The van der Waals surface area contributed by atoms with E-state index >= 15 is 4.39 Å². The Kier molecular flexibility index (Phi) is 4.46. The molecular weight excluding hydrogens is 425 g/mol. The summed E-state index contributed by atoms with van der Waals surface area (Å²) < 4.78 is 23.6. The quantitative estimate of drug-likeness (QED) is 0.450. The zero-order valence-corrected chi connectivity index (χ0v) is 17.7. The van der Waals surface area contributed by atoms with E-state index in [1.165, 1.54) is 0 Å². The minimum Gasteiger partial charge on any atom is -0.382 e. The molecule has 3 N–H and O–H groups in total. The molecule has 10 nitrogen and oxygen atoms in total. The van der Waals surface area contributed by atoms with Crippen LogP contribution >= 0.6 is 0 Å². The van der Waals surface area contributed by atoms with Gasteiger partial charge in [-0.15, -0.1) is 11.5 Å². The second kappa shape index (κ2) is 7.40. The van der Waals surface area contributed by atoms with E-state index in [-0.39, 0.29) is 18.3 Å². The standard InChI is InChI=1S/C22H22FN9O/c1-2-22(12-33-13-22)30-8-6-17(15(23)11-30)26-21-27-20(24)19-14(5-9-32(19)29-21)16-3-4-18-25-7-10-31(18)28-16/h1,3-5,7,9-10,15,17H,6,8,11-13H2,(H3,24,26,27,29)/t15-,17+/m1/s1. The van der Waals surface area contributed by atoms with E-state index in [9.17, 15) is 0 Å². The molecule has 0 aromatic carbocycles. The highest BCUT2D eigenvalue weighted by Gasteiger charge is 2.46. The van der Waals surface area contributed by atoms with Crippen LogP contribution in [0.15, 0.2) is 36.8 Å². The highest BCUT2D eigenvalue weighted by atomic mass is 19.1. The molecule has 33 heavy (non-hydrogen) atoms. The smallest absolute Gasteiger partial charge is 0.243 e. The molecule has 0 aliphatic carbocycles. The lowest BCUT2D eigenvalue weighted by Gasteiger charge is -2.49. The van der Waals surface area contributed by atoms with Crippen LogP contribution in [0.4, 0.5) is 16.2 Å². The van der Waals surface area contributed by atoms with Gasteiger partial charge in [0.2, 0.25) is 5.95 Å². The normalized spacial score (nSPS) is 22.8. The molecule has 168 valence electrons. The van der Waals surface area contributed by atoms with Crippen molar-refractivity contribution in [3.63, 3.8) is 0 Å². The van der Waals surface area contributed by atoms with Gasteiger partial charge < -0.3 is 15.8 Å². The van der Waals surface area contributed by atoms with Crippen molar-refractivity contribution in [1.82, 2.24) is 34.1 Å². The number of likely N-dealkylation sites (tertiary alicyclic amines) is 1. The van der Waals surface area contributed by atoms with Gasteiger partial charge in [0.1, 0.15) is 17.2 Å². The number of alkyl halides is 1. The van der Waals surface area contributed by atoms with Crippen LogP contribution in [0, 0.1) is 12.3 Å². The highest BCUT2D eigenvalue weighted by Crippen LogP contribution is 2.31. The average Bonchev–Trinajstić information content (AvgIpc) is 3.42. The van der Waals surface area contributed by atoms with Crippen LogP contribution in [0.2, 0.25) is 0 Å². The monoisotopic (exact) mass is 447 g/mol. The summed E-state index contributed by atoms with van der Waals surface area (Å²) in [6.45, 7) is 1.80. The van der Waals surface area contributed by atoms with E-state index in [1.54, 1.807) is 27.6 Å². The summed E-state index contributed by atoms with van der Waals surface area (Å²) in [5, 5.41) is 12.2. The van der Waals surface area contributed by atoms with E-state index in [1.807, 2.05) is 23.1 Å². The summed E-state index contributed by atoms with van der Waals surface area (Å²) in [7, 11) is 0. The lowest BCUT2D eigenvalue weighted by Crippen LogP contribution is -2.65. The van der Waals surface area contributed by atoms with Crippen LogP contribution in [0.1, 0.15) is 6.42 Å². The number of hydrogen-bond donors (Lipinski definition) is 2. The minimum absolute atomic E-state index is 0.235. The van der Waals surface area contributed by atoms with Gasteiger partial charge in [0, 0.05) is 37.2 Å². The first-order valence-corrected chi connectivity index (χ1v) is 10.7. The summed E-state index contributed by atoms with van der Waals surface area (Å²) in [6.07, 6.45) is 10.4. The van der Waals surface area contributed by atoms with Crippen LogP contribution in [-0.2, 0) is 4.74 Å². The van der Waals surface area contributed by atoms with Crippen LogP contribution in [0.3, 0.4) is 0 Å². The molecule has 0 saturated carbocycles. The van der Waals surface area contributed by atoms with Gasteiger partial charge in [0.25, 0.3) is 0 Å². The summed E-state index contributed by atoms with van der Waals surface area (Å²) in [5.74, 6) is 3.34. The fourth-order valence-corrected chi connectivity index (χ4v) is 4.55. The molecule has 0 unspecified atom stereocenters. The van der Waals surface area contributed by atoms with E-state index in [4.69, 9.17) is 16.9 Å². The van der Waals surface area contributed by atoms with Crippen molar-refractivity contribution < 1.29 is 9.13 Å². The molecule has 6 rings (SSSR count). The number of rotatable bonds is 4. The van der Waals surface area contributed by atoms with Crippen molar-refractivity contribution in [2.45, 2.75) is 24.2 Å². The molecule has 0 radical (unpaired) electrons. The largest absolute Gasteiger partial charge is 0.382 e. The van der Waals surface area contributed by atoms with Gasteiger partial charge >= 0.3 is 0 Å². The number of fused-ring (bicyclic) bond motifs is 2. The lowest BCUT2D eigenvalue weighted by molar-refractivity contribution is -0.120. The minimum atomic E-state index is -1.13. The van der Waals surface area contributed by atoms with Crippen molar-refractivity contribution in [2.75, 3.05) is 37.4 Å². The predicted molar refractivity (Wildman–Crippen MR) is 120 cm³/mol. The third-order valence-corrected chi connectivity index (χ3v) is 6.48. The SMILES string of the molecule is C#CC1(N2CC[C@H](Nc3nc(N)c4c(-c5ccc6nccn6n5)ccn4n3)[C@H](F)C2)COC1. The molecule has 4 aromatic heterocycles. The second-order valence-corrected chi connectivity index (χ2v) is 8.46. The summed E-state index contributed by atoms with van der Waals surface area (Å²) in [5.41, 5.74) is 8.73. The van der Waals surface area contributed by atoms with Gasteiger partial charge in [0.15, 0.2) is 11.5 Å². The number of terminal acetylenes is 1. The van der Waals surface area contributed by atoms with Crippen LogP contribution in [0.25, 0.3) is 22.4 Å². The number of halogens is 1. The van der Waals surface area contributed by atoms with Crippen molar-refractivity contribution in [3.8, 4) is 23.6 Å². The van der Waals surface area contributed by atoms with Crippen molar-refractivity contribution in [3.05, 3.63) is 36.8 Å². The van der Waals surface area contributed by atoms with Gasteiger partial charge in [-0.05, 0) is 24.6 Å². The number of hydrogen-bond acceptors (Lipinski definition) is 8. The maximum Gasteiger partial charge on any atom is 0.243 e. The Hall–Kier alpha value is -3.75. The number of ether oxygens (including phenoxy) is 1. The van der Waals surface area contributed by atoms with Gasteiger partial charge in [-0.2, -0.15) is 10.1 Å². The fourth-order valence-electron chi connectivity index (χ4n) is 4.55. The number of nitrogens with one attached hydrogen (secondary N) is 1. The van der Waals surface area contributed by atoms with Gasteiger partial charge in [-0.1, -0.05) is 5.92 Å². The second-order valence-electron chi connectivity index (χ2n) is 8.46. The molecule has 2 aliphatic rings. The number of piperidine rings is 1. The van der Waals surface area contributed by atoms with Crippen LogP contribution < -0.4 is 11.1 Å². The molecular formula is C22H22FN9O. The summed E-state index contributed by atoms with van der Waals surface area (Å²) >= 11 is 0. The lowest BCUT2D eigenvalue weighted by atomic mass is 9.91. The Labute approximate surface area is 188 Å². The number of anilines is 2. The van der Waals surface area contributed by atoms with E-state index in [2.05, 4.69) is 31.4 Å². The molecule has 2 saturated heterocycles. The maximum absolute atomic E-state index is 15.0. The molecule has 2 fully saturated rings. The van der Waals surface area contributed by atoms with Crippen molar-refractivity contribution >= 4 is 22.9 Å². The molecule has 2 atom stereocenters. The third kappa shape index (κ3) is 3.18. The number of imidazole rings is 1. The first-order chi connectivity index (χ1) is 16.1. The highest BCUT2D eigenvalue weighted by molar-refractivity contribution is 5.86. The molecule has 6 heterocycles. The van der Waals surface area contributed by atoms with Crippen molar-refractivity contribution in [2.24, 2.45) is 0 Å². The molecule has 0 bridgehead atoms. The summed E-state index contributed by atoms with van der Waals surface area (Å²) in [4.78, 5) is 10.6. The molecule has 4 aromatic rings. The zero-order valence-electron chi connectivity index (χ0n) is 17.7. The van der Waals surface area contributed by atoms with E-state index < -0.39 is 17.8 Å². The number of nitrogen functional groups attached to an aromatic ring is 1. The Morgan fingerprint density at radius 1 is 1.21 bits per heavy atom. The molecule has 0 spiro atoms. The first kappa shape index (κ1) is 19.9. The fraction of sp³-hybridized carbons (Fsp3) is 0.364. The Balaban J connectivity index is 1.24. The molecule has 11 heteroatoms. The zero-order chi connectivity index (χ0) is 22.6. The van der Waals surface area contributed by atoms with Crippen molar-refractivity contribution in [1.29, 1.82) is 0 Å². The number of aromatic nitrogens is 6. The van der Waals surface area contributed by atoms with E-state index in [0.717, 1.165) is 16.9 Å². The van der Waals surface area contributed by atoms with Gasteiger partial charge in [-0.3, -0.25) is 4.90 Å². The first-order valence-electron chi connectivity index (χ1n) is 10.7. The van der Waals surface area contributed by atoms with Crippen LogP contribution in [0.5, 0.6) is 0 Å². The Bertz CT molecular complexity index is 1390.